The lowest BCUT2D eigenvalue weighted by Crippen LogP contribution is -2.11. The van der Waals surface area contributed by atoms with E-state index in [0.29, 0.717) is 12.2 Å². The van der Waals surface area contributed by atoms with E-state index in [1.165, 1.54) is 13.1 Å². The Morgan fingerprint density at radius 1 is 1.44 bits per heavy atom. The molecule has 100 valence electrons. The smallest absolute Gasteiger partial charge is 0.303 e. The Bertz CT molecular complexity index is 401. The van der Waals surface area contributed by atoms with Gasteiger partial charge in [0, 0.05) is 13.3 Å². The van der Waals surface area contributed by atoms with Gasteiger partial charge in [0.05, 0.1) is 6.20 Å². The molecule has 1 N–H and O–H groups in total. The van der Waals surface area contributed by atoms with Gasteiger partial charge in [-0.15, -0.1) is 0 Å². The zero-order chi connectivity index (χ0) is 13.4. The number of unbranched alkanes of at least 4 members (excludes halogenated alkanes) is 2. The highest BCUT2D eigenvalue weighted by atomic mass is 16.5. The lowest BCUT2D eigenvalue weighted by Gasteiger charge is -2.00. The number of carbonyl (C=O) groups excluding carboxylic acids is 2. The van der Waals surface area contributed by atoms with Gasteiger partial charge in [-0.1, -0.05) is 19.8 Å². The Morgan fingerprint density at radius 2 is 2.22 bits per heavy atom. The number of anilines is 1. The van der Waals surface area contributed by atoms with E-state index in [2.05, 4.69) is 17.2 Å². The van der Waals surface area contributed by atoms with E-state index in [1.807, 2.05) is 0 Å². The molecule has 0 aliphatic heterocycles. The maximum Gasteiger partial charge on any atom is 0.303 e. The standard InChI is InChI=1S/C12H18N2O4/c1-3-4-5-6-11(16)14-12-13-7-10(18-12)8-17-9(2)15/h7H,3-6,8H2,1-2H3,(H,13,14,16). The van der Waals surface area contributed by atoms with Crippen LogP contribution in [-0.4, -0.2) is 16.9 Å². The highest BCUT2D eigenvalue weighted by Crippen LogP contribution is 2.11. The topological polar surface area (TPSA) is 81.4 Å². The molecule has 0 saturated carbocycles. The molecule has 1 heterocycles. The Morgan fingerprint density at radius 3 is 2.89 bits per heavy atom. The van der Waals surface area contributed by atoms with Crippen molar-refractivity contribution in [2.45, 2.75) is 46.1 Å². The maximum absolute atomic E-state index is 11.5. The molecule has 0 saturated heterocycles. The first-order valence-electron chi connectivity index (χ1n) is 5.99. The van der Waals surface area contributed by atoms with Gasteiger partial charge in [-0.2, -0.15) is 0 Å². The molecule has 1 aromatic heterocycles. The third-order valence-electron chi connectivity index (χ3n) is 2.22. The maximum atomic E-state index is 11.5. The van der Waals surface area contributed by atoms with Crippen LogP contribution in [0.3, 0.4) is 0 Å². The van der Waals surface area contributed by atoms with Crippen LogP contribution in [0.15, 0.2) is 10.6 Å². The highest BCUT2D eigenvalue weighted by Gasteiger charge is 2.08. The first kappa shape index (κ1) is 14.2. The SMILES string of the molecule is CCCCCC(=O)Nc1ncc(COC(C)=O)o1. The fourth-order valence-corrected chi connectivity index (χ4v) is 1.32. The second kappa shape index (κ2) is 7.47. The number of hydrogen-bond donors (Lipinski definition) is 1. The van der Waals surface area contributed by atoms with Crippen LogP contribution in [-0.2, 0) is 20.9 Å². The normalized spacial score (nSPS) is 10.1. The van der Waals surface area contributed by atoms with E-state index < -0.39 is 5.97 Å². The zero-order valence-electron chi connectivity index (χ0n) is 10.7. The Kier molecular flexibility index (Phi) is 5.90. The van der Waals surface area contributed by atoms with Crippen molar-refractivity contribution < 1.29 is 18.7 Å². The average Bonchev–Trinajstić information content (AvgIpc) is 2.74. The van der Waals surface area contributed by atoms with Crippen LogP contribution in [0.2, 0.25) is 0 Å². The van der Waals surface area contributed by atoms with Crippen molar-refractivity contribution in [3.8, 4) is 0 Å². The lowest BCUT2D eigenvalue weighted by molar-refractivity contribution is -0.142. The van der Waals surface area contributed by atoms with Crippen molar-refractivity contribution in [3.05, 3.63) is 12.0 Å². The molecule has 0 aliphatic carbocycles. The molecule has 0 aliphatic rings. The molecule has 0 unspecified atom stereocenters. The molecule has 18 heavy (non-hydrogen) atoms. The third-order valence-corrected chi connectivity index (χ3v) is 2.22. The Hall–Kier alpha value is -1.85. The second-order valence-corrected chi connectivity index (χ2v) is 3.92. The minimum absolute atomic E-state index is 0.0219. The van der Waals surface area contributed by atoms with Crippen LogP contribution in [0.25, 0.3) is 0 Å². The first-order chi connectivity index (χ1) is 8.61. The number of rotatable bonds is 7. The molecule has 0 radical (unpaired) electrons. The summed E-state index contributed by atoms with van der Waals surface area (Å²) in [5.41, 5.74) is 0. The number of hydrogen-bond acceptors (Lipinski definition) is 5. The van der Waals surface area contributed by atoms with Crippen LogP contribution < -0.4 is 5.32 Å². The molecule has 6 heteroatoms. The van der Waals surface area contributed by atoms with Crippen LogP contribution in [0.4, 0.5) is 6.01 Å². The second-order valence-electron chi connectivity index (χ2n) is 3.92. The van der Waals surface area contributed by atoms with Gasteiger partial charge >= 0.3 is 12.0 Å². The van der Waals surface area contributed by atoms with E-state index in [0.717, 1.165) is 19.3 Å². The Balaban J connectivity index is 2.34. The molecule has 1 aromatic rings. The van der Waals surface area contributed by atoms with Gasteiger partial charge in [0.25, 0.3) is 0 Å². The third kappa shape index (κ3) is 5.47. The molecule has 0 fully saturated rings. The molecule has 1 rings (SSSR count). The number of oxazole rings is 1. The van der Waals surface area contributed by atoms with Crippen LogP contribution >= 0.6 is 0 Å². The van der Waals surface area contributed by atoms with Crippen molar-refractivity contribution in [2.24, 2.45) is 0 Å². The predicted molar refractivity (Wildman–Crippen MR) is 64.7 cm³/mol. The summed E-state index contributed by atoms with van der Waals surface area (Å²) in [5.74, 6) is -0.116. The zero-order valence-corrected chi connectivity index (χ0v) is 10.7. The van der Waals surface area contributed by atoms with Gasteiger partial charge in [0.2, 0.25) is 5.91 Å². The van der Waals surface area contributed by atoms with E-state index in [1.54, 1.807) is 0 Å². The van der Waals surface area contributed by atoms with Crippen molar-refractivity contribution >= 4 is 17.9 Å². The van der Waals surface area contributed by atoms with Crippen molar-refractivity contribution in [3.63, 3.8) is 0 Å². The minimum Gasteiger partial charge on any atom is -0.458 e. The van der Waals surface area contributed by atoms with Gasteiger partial charge in [-0.05, 0) is 6.42 Å². The molecular weight excluding hydrogens is 236 g/mol. The fraction of sp³-hybridized carbons (Fsp3) is 0.583. The van der Waals surface area contributed by atoms with Gasteiger partial charge < -0.3 is 9.15 Å². The summed E-state index contributed by atoms with van der Waals surface area (Å²) in [4.78, 5) is 25.9. The number of nitrogens with one attached hydrogen (secondary N) is 1. The molecule has 6 nitrogen and oxygen atoms in total. The summed E-state index contributed by atoms with van der Waals surface area (Å²) in [6, 6.07) is 0.138. The van der Waals surface area contributed by atoms with Crippen molar-refractivity contribution in [2.75, 3.05) is 5.32 Å². The number of amides is 1. The Labute approximate surface area is 106 Å². The molecule has 0 aromatic carbocycles. The summed E-state index contributed by atoms with van der Waals surface area (Å²) >= 11 is 0. The summed E-state index contributed by atoms with van der Waals surface area (Å²) in [7, 11) is 0. The van der Waals surface area contributed by atoms with Crippen molar-refractivity contribution in [1.29, 1.82) is 0 Å². The quantitative estimate of drug-likeness (QED) is 0.596. The van der Waals surface area contributed by atoms with Gasteiger partial charge in [0.15, 0.2) is 12.4 Å². The molecule has 0 spiro atoms. The van der Waals surface area contributed by atoms with E-state index in [-0.39, 0.29) is 18.5 Å². The number of esters is 1. The monoisotopic (exact) mass is 254 g/mol. The molecular formula is C12H18N2O4. The molecule has 0 bridgehead atoms. The van der Waals surface area contributed by atoms with Crippen molar-refractivity contribution in [1.82, 2.24) is 4.98 Å². The number of carbonyl (C=O) groups is 2. The van der Waals surface area contributed by atoms with E-state index in [9.17, 15) is 9.59 Å². The summed E-state index contributed by atoms with van der Waals surface area (Å²) in [5, 5.41) is 2.55. The van der Waals surface area contributed by atoms with Gasteiger partial charge in [-0.3, -0.25) is 14.9 Å². The van der Waals surface area contributed by atoms with Gasteiger partial charge in [0.1, 0.15) is 0 Å². The first-order valence-corrected chi connectivity index (χ1v) is 5.99. The van der Waals surface area contributed by atoms with E-state index in [4.69, 9.17) is 9.15 Å². The van der Waals surface area contributed by atoms with Crippen LogP contribution in [0.1, 0.15) is 45.3 Å². The minimum atomic E-state index is -0.392. The fourth-order valence-electron chi connectivity index (χ4n) is 1.32. The molecule has 1 amide bonds. The van der Waals surface area contributed by atoms with Crippen LogP contribution in [0.5, 0.6) is 0 Å². The average molecular weight is 254 g/mol. The largest absolute Gasteiger partial charge is 0.458 e. The predicted octanol–water partition coefficient (Wildman–Crippen LogP) is 2.26. The summed E-state index contributed by atoms with van der Waals surface area (Å²) in [6.45, 7) is 3.41. The van der Waals surface area contributed by atoms with E-state index >= 15 is 0 Å². The number of nitrogens with zero attached hydrogens (tertiary/aromatic N) is 1. The molecule has 0 atom stereocenters. The number of aromatic nitrogens is 1. The lowest BCUT2D eigenvalue weighted by atomic mass is 10.2. The highest BCUT2D eigenvalue weighted by molar-refractivity contribution is 5.88. The summed E-state index contributed by atoms with van der Waals surface area (Å²) < 4.78 is 9.93. The number of ether oxygens (including phenoxy) is 1. The van der Waals surface area contributed by atoms with Gasteiger partial charge in [-0.25, -0.2) is 4.98 Å². The van der Waals surface area contributed by atoms with Crippen LogP contribution in [0, 0.1) is 0 Å². The summed E-state index contributed by atoms with van der Waals surface area (Å²) in [6.07, 6.45) is 4.82.